The van der Waals surface area contributed by atoms with Crippen molar-refractivity contribution in [3.63, 3.8) is 0 Å². The van der Waals surface area contributed by atoms with Crippen molar-refractivity contribution in [3.05, 3.63) is 36.0 Å². The van der Waals surface area contributed by atoms with Crippen LogP contribution in [0.15, 0.2) is 36.0 Å². The van der Waals surface area contributed by atoms with Gasteiger partial charge in [-0.05, 0) is 36.5 Å². The van der Waals surface area contributed by atoms with Gasteiger partial charge in [-0.2, -0.15) is 11.8 Å². The van der Waals surface area contributed by atoms with Gasteiger partial charge in [0.1, 0.15) is 0 Å². The lowest BCUT2D eigenvalue weighted by atomic mass is 9.77. The van der Waals surface area contributed by atoms with Crippen LogP contribution in [-0.2, 0) is 0 Å². The van der Waals surface area contributed by atoms with Crippen molar-refractivity contribution in [1.29, 1.82) is 0 Å². The first-order valence-electron chi connectivity index (χ1n) is 6.50. The van der Waals surface area contributed by atoms with Crippen molar-refractivity contribution in [3.8, 4) is 0 Å². The number of hydrogen-bond donors (Lipinski definition) is 0. The summed E-state index contributed by atoms with van der Waals surface area (Å²) in [5, 5.41) is 0. The fourth-order valence-corrected chi connectivity index (χ4v) is 2.93. The maximum Gasteiger partial charge on any atom is 0.000640 e. The molecule has 1 atom stereocenters. The van der Waals surface area contributed by atoms with Crippen molar-refractivity contribution in [2.45, 2.75) is 41.5 Å². The summed E-state index contributed by atoms with van der Waals surface area (Å²) in [6.07, 6.45) is 10.9. The highest BCUT2D eigenvalue weighted by Crippen LogP contribution is 2.35. The Labute approximate surface area is 112 Å². The third-order valence-electron chi connectivity index (χ3n) is 2.78. The molecule has 0 nitrogen and oxygen atoms in total. The standard InChI is InChI=1S/C16H28S/c1-7-10-12-14(11-8-2)15(13-17-9-3)16(4,5)6/h7-8,10-12,15H,9,13H2,1-6H3/b10-7-,11-8-,14-12+. The average Bonchev–Trinajstić information content (AvgIpc) is 2.24. The Kier molecular flexibility index (Phi) is 8.41. The molecule has 0 saturated heterocycles. The summed E-state index contributed by atoms with van der Waals surface area (Å²) in [6.45, 7) is 13.4. The summed E-state index contributed by atoms with van der Waals surface area (Å²) in [5.41, 5.74) is 1.76. The van der Waals surface area contributed by atoms with Gasteiger partial charge in [-0.15, -0.1) is 0 Å². The van der Waals surface area contributed by atoms with Crippen LogP contribution in [-0.4, -0.2) is 11.5 Å². The lowest BCUT2D eigenvalue weighted by molar-refractivity contribution is 0.310. The molecule has 0 fully saturated rings. The number of rotatable bonds is 6. The molecule has 0 spiro atoms. The van der Waals surface area contributed by atoms with E-state index in [1.807, 2.05) is 11.8 Å². The van der Waals surface area contributed by atoms with Crippen molar-refractivity contribution in [2.24, 2.45) is 11.3 Å². The van der Waals surface area contributed by atoms with E-state index in [0.717, 1.165) is 0 Å². The summed E-state index contributed by atoms with van der Waals surface area (Å²) >= 11 is 2.03. The van der Waals surface area contributed by atoms with E-state index in [2.05, 4.69) is 71.9 Å². The van der Waals surface area contributed by atoms with Crippen molar-refractivity contribution in [2.75, 3.05) is 11.5 Å². The Hall–Kier alpha value is -0.430. The van der Waals surface area contributed by atoms with Crippen LogP contribution in [0.1, 0.15) is 41.5 Å². The highest BCUT2D eigenvalue weighted by Gasteiger charge is 2.26. The first-order valence-corrected chi connectivity index (χ1v) is 7.66. The minimum atomic E-state index is 0.315. The molecule has 1 unspecified atom stereocenters. The van der Waals surface area contributed by atoms with Crippen LogP contribution >= 0.6 is 11.8 Å². The third-order valence-corrected chi connectivity index (χ3v) is 3.75. The molecule has 0 aliphatic carbocycles. The van der Waals surface area contributed by atoms with Gasteiger partial charge in [0.15, 0.2) is 0 Å². The molecule has 17 heavy (non-hydrogen) atoms. The molecular weight excluding hydrogens is 224 g/mol. The van der Waals surface area contributed by atoms with Crippen LogP contribution < -0.4 is 0 Å². The zero-order valence-corrected chi connectivity index (χ0v) is 13.1. The molecule has 0 saturated carbocycles. The second-order valence-electron chi connectivity index (χ2n) is 5.27. The van der Waals surface area contributed by atoms with Gasteiger partial charge in [0.05, 0.1) is 0 Å². The lowest BCUT2D eigenvalue weighted by Gasteiger charge is -2.31. The smallest absolute Gasteiger partial charge is 0.000640 e. The second-order valence-corrected chi connectivity index (χ2v) is 6.59. The summed E-state index contributed by atoms with van der Waals surface area (Å²) in [6, 6.07) is 0. The largest absolute Gasteiger partial charge is 0.162 e. The van der Waals surface area contributed by atoms with E-state index in [9.17, 15) is 0 Å². The normalized spacial score (nSPS) is 16.0. The van der Waals surface area contributed by atoms with E-state index >= 15 is 0 Å². The summed E-state index contributed by atoms with van der Waals surface area (Å²) < 4.78 is 0. The monoisotopic (exact) mass is 252 g/mol. The Morgan fingerprint density at radius 1 is 1.18 bits per heavy atom. The van der Waals surface area contributed by atoms with Crippen LogP contribution in [0.25, 0.3) is 0 Å². The number of allylic oxidation sites excluding steroid dienone is 6. The topological polar surface area (TPSA) is 0 Å². The summed E-state index contributed by atoms with van der Waals surface area (Å²) in [7, 11) is 0. The van der Waals surface area contributed by atoms with E-state index in [4.69, 9.17) is 0 Å². The van der Waals surface area contributed by atoms with Crippen LogP contribution in [0.2, 0.25) is 0 Å². The van der Waals surface area contributed by atoms with Gasteiger partial charge >= 0.3 is 0 Å². The van der Waals surface area contributed by atoms with E-state index in [1.165, 1.54) is 17.1 Å². The van der Waals surface area contributed by atoms with E-state index in [0.29, 0.717) is 11.3 Å². The molecule has 0 rings (SSSR count). The Morgan fingerprint density at radius 2 is 1.82 bits per heavy atom. The zero-order chi connectivity index (χ0) is 13.3. The Morgan fingerprint density at radius 3 is 2.24 bits per heavy atom. The molecule has 0 radical (unpaired) electrons. The first kappa shape index (κ1) is 16.6. The SMILES string of the molecule is C\C=C/C=C(\C=C/C)C(CSCC)C(C)(C)C. The molecule has 0 aliphatic rings. The minimum absolute atomic E-state index is 0.315. The zero-order valence-electron chi connectivity index (χ0n) is 12.3. The first-order chi connectivity index (χ1) is 7.97. The van der Waals surface area contributed by atoms with Gasteiger partial charge in [-0.25, -0.2) is 0 Å². The van der Waals surface area contributed by atoms with Gasteiger partial charge in [0.2, 0.25) is 0 Å². The average molecular weight is 252 g/mol. The second kappa shape index (κ2) is 8.63. The highest BCUT2D eigenvalue weighted by molar-refractivity contribution is 7.99. The van der Waals surface area contributed by atoms with Gasteiger partial charge in [-0.3, -0.25) is 0 Å². The van der Waals surface area contributed by atoms with E-state index in [-0.39, 0.29) is 0 Å². The quantitative estimate of drug-likeness (QED) is 0.564. The molecule has 0 aromatic rings. The molecular formula is C16H28S. The molecule has 0 amide bonds. The fraction of sp³-hybridized carbons (Fsp3) is 0.625. The molecule has 0 aromatic carbocycles. The van der Waals surface area contributed by atoms with Crippen LogP contribution in [0.4, 0.5) is 0 Å². The summed E-state index contributed by atoms with van der Waals surface area (Å²) in [4.78, 5) is 0. The van der Waals surface area contributed by atoms with Crippen LogP contribution in [0.5, 0.6) is 0 Å². The third kappa shape index (κ3) is 6.78. The number of hydrogen-bond acceptors (Lipinski definition) is 1. The molecule has 0 N–H and O–H groups in total. The molecule has 0 aromatic heterocycles. The molecule has 0 bridgehead atoms. The van der Waals surface area contributed by atoms with Crippen molar-refractivity contribution < 1.29 is 0 Å². The lowest BCUT2D eigenvalue weighted by Crippen LogP contribution is -2.24. The predicted octanol–water partition coefficient (Wildman–Crippen LogP) is 5.48. The molecule has 1 heteroatoms. The van der Waals surface area contributed by atoms with Crippen LogP contribution in [0, 0.1) is 11.3 Å². The fourth-order valence-electron chi connectivity index (χ4n) is 1.77. The minimum Gasteiger partial charge on any atom is -0.162 e. The van der Waals surface area contributed by atoms with Crippen molar-refractivity contribution >= 4 is 11.8 Å². The highest BCUT2D eigenvalue weighted by atomic mass is 32.2. The maximum atomic E-state index is 2.33. The summed E-state index contributed by atoms with van der Waals surface area (Å²) in [5.74, 6) is 3.01. The van der Waals surface area contributed by atoms with Gasteiger partial charge in [-0.1, -0.05) is 58.1 Å². The van der Waals surface area contributed by atoms with Gasteiger partial charge < -0.3 is 0 Å². The van der Waals surface area contributed by atoms with Crippen LogP contribution in [0.3, 0.4) is 0 Å². The Bertz CT molecular complexity index is 276. The number of thioether (sulfide) groups is 1. The van der Waals surface area contributed by atoms with E-state index < -0.39 is 0 Å². The maximum absolute atomic E-state index is 2.33. The van der Waals surface area contributed by atoms with E-state index in [1.54, 1.807) is 0 Å². The van der Waals surface area contributed by atoms with Gasteiger partial charge in [0, 0.05) is 5.75 Å². The molecule has 0 heterocycles. The predicted molar refractivity (Wildman–Crippen MR) is 83.7 cm³/mol. The Balaban J connectivity index is 5.07. The van der Waals surface area contributed by atoms with Gasteiger partial charge in [0.25, 0.3) is 0 Å². The van der Waals surface area contributed by atoms with Crippen molar-refractivity contribution in [1.82, 2.24) is 0 Å². The molecule has 0 aliphatic heterocycles. The molecule has 98 valence electrons.